The largest absolute Gasteiger partial charge is 0.355 e. The van der Waals surface area contributed by atoms with E-state index in [-0.39, 0.29) is 24.2 Å². The fourth-order valence-electron chi connectivity index (χ4n) is 3.47. The first-order valence-electron chi connectivity index (χ1n) is 10.1. The van der Waals surface area contributed by atoms with Crippen LogP contribution in [0, 0.1) is 5.92 Å². The number of hydrogen-bond acceptors (Lipinski definition) is 2. The molecule has 0 aliphatic rings. The Bertz CT molecular complexity index is 967. The summed E-state index contributed by atoms with van der Waals surface area (Å²) in [5.74, 6) is 0.482. The SMILES string of the molecule is CC(C)C(CNC(=O)CCNC(=O)c1ccc2ccccc2c1)c1ccccc1. The lowest BCUT2D eigenvalue weighted by molar-refractivity contribution is -0.121. The van der Waals surface area contributed by atoms with Crippen molar-refractivity contribution in [2.24, 2.45) is 5.92 Å². The van der Waals surface area contributed by atoms with Crippen molar-refractivity contribution in [2.75, 3.05) is 13.1 Å². The van der Waals surface area contributed by atoms with Crippen LogP contribution in [0.5, 0.6) is 0 Å². The Kier molecular flexibility index (Phi) is 7.01. The molecule has 3 aromatic carbocycles. The van der Waals surface area contributed by atoms with E-state index in [2.05, 4.69) is 36.6 Å². The first-order valence-corrected chi connectivity index (χ1v) is 10.1. The number of nitrogens with one attached hydrogen (secondary N) is 2. The second kappa shape index (κ2) is 9.87. The zero-order valence-electron chi connectivity index (χ0n) is 17.0. The molecule has 0 spiro atoms. The van der Waals surface area contributed by atoms with Crippen molar-refractivity contribution in [1.29, 1.82) is 0 Å². The molecule has 2 N–H and O–H groups in total. The number of carbonyl (C=O) groups is 2. The van der Waals surface area contributed by atoms with Gasteiger partial charge in [-0.2, -0.15) is 0 Å². The summed E-state index contributed by atoms with van der Waals surface area (Å²) in [5.41, 5.74) is 1.83. The van der Waals surface area contributed by atoms with E-state index in [4.69, 9.17) is 0 Å². The van der Waals surface area contributed by atoms with Crippen LogP contribution in [-0.2, 0) is 4.79 Å². The fourth-order valence-corrected chi connectivity index (χ4v) is 3.47. The van der Waals surface area contributed by atoms with E-state index in [1.54, 1.807) is 0 Å². The van der Waals surface area contributed by atoms with Gasteiger partial charge in [-0.3, -0.25) is 9.59 Å². The minimum absolute atomic E-state index is 0.0506. The molecule has 1 unspecified atom stereocenters. The Morgan fingerprint density at radius 2 is 1.52 bits per heavy atom. The minimum Gasteiger partial charge on any atom is -0.355 e. The van der Waals surface area contributed by atoms with Gasteiger partial charge in [-0.25, -0.2) is 0 Å². The van der Waals surface area contributed by atoms with Crippen LogP contribution >= 0.6 is 0 Å². The fraction of sp³-hybridized carbons (Fsp3) is 0.280. The molecular formula is C25H28N2O2. The van der Waals surface area contributed by atoms with Gasteiger partial charge in [-0.15, -0.1) is 0 Å². The molecule has 4 nitrogen and oxygen atoms in total. The highest BCUT2D eigenvalue weighted by Gasteiger charge is 2.16. The number of benzene rings is 3. The summed E-state index contributed by atoms with van der Waals surface area (Å²) in [4.78, 5) is 24.6. The van der Waals surface area contributed by atoms with E-state index >= 15 is 0 Å². The summed E-state index contributed by atoms with van der Waals surface area (Å²) in [6.07, 6.45) is 0.263. The molecule has 2 amide bonds. The number of fused-ring (bicyclic) bond motifs is 1. The smallest absolute Gasteiger partial charge is 0.251 e. The van der Waals surface area contributed by atoms with Crippen molar-refractivity contribution in [3.63, 3.8) is 0 Å². The topological polar surface area (TPSA) is 58.2 Å². The maximum atomic E-state index is 12.4. The lowest BCUT2D eigenvalue weighted by atomic mass is 9.88. The summed E-state index contributed by atoms with van der Waals surface area (Å²) in [5, 5.41) is 7.97. The quantitative estimate of drug-likeness (QED) is 0.596. The van der Waals surface area contributed by atoms with Gasteiger partial charge in [0.2, 0.25) is 5.91 Å². The Balaban J connectivity index is 1.47. The normalized spacial score (nSPS) is 12.0. The van der Waals surface area contributed by atoms with E-state index in [0.717, 1.165) is 10.8 Å². The summed E-state index contributed by atoms with van der Waals surface area (Å²) >= 11 is 0. The Morgan fingerprint density at radius 3 is 2.24 bits per heavy atom. The minimum atomic E-state index is -0.159. The van der Waals surface area contributed by atoms with Gasteiger partial charge < -0.3 is 10.6 Å². The van der Waals surface area contributed by atoms with Crippen LogP contribution < -0.4 is 10.6 Å². The molecule has 0 saturated carbocycles. The van der Waals surface area contributed by atoms with E-state index in [0.29, 0.717) is 24.6 Å². The van der Waals surface area contributed by atoms with Crippen LogP contribution in [0.4, 0.5) is 0 Å². The average Bonchev–Trinajstić information content (AvgIpc) is 2.74. The number of amides is 2. The monoisotopic (exact) mass is 388 g/mol. The van der Waals surface area contributed by atoms with Gasteiger partial charge >= 0.3 is 0 Å². The lowest BCUT2D eigenvalue weighted by Crippen LogP contribution is -2.33. The summed E-state index contributed by atoms with van der Waals surface area (Å²) < 4.78 is 0. The second-order valence-corrected chi connectivity index (χ2v) is 7.63. The standard InChI is InChI=1S/C25H28N2O2/c1-18(2)23(20-9-4-3-5-10-20)17-27-24(28)14-15-26-25(29)22-13-12-19-8-6-7-11-21(19)16-22/h3-13,16,18,23H,14-15,17H2,1-2H3,(H,26,29)(H,27,28). The molecule has 3 aromatic rings. The molecule has 0 saturated heterocycles. The van der Waals surface area contributed by atoms with E-state index in [9.17, 15) is 9.59 Å². The third-order valence-electron chi connectivity index (χ3n) is 5.20. The number of rotatable bonds is 8. The third-order valence-corrected chi connectivity index (χ3v) is 5.20. The van der Waals surface area contributed by atoms with Gasteiger partial charge in [0.1, 0.15) is 0 Å². The van der Waals surface area contributed by atoms with Gasteiger partial charge in [0, 0.05) is 31.0 Å². The van der Waals surface area contributed by atoms with Crippen LogP contribution in [-0.4, -0.2) is 24.9 Å². The average molecular weight is 389 g/mol. The van der Waals surface area contributed by atoms with Gasteiger partial charge in [-0.1, -0.05) is 74.5 Å². The third kappa shape index (κ3) is 5.67. The number of hydrogen-bond donors (Lipinski definition) is 2. The highest BCUT2D eigenvalue weighted by molar-refractivity contribution is 5.98. The maximum absolute atomic E-state index is 12.4. The van der Waals surface area contributed by atoms with Crippen molar-refractivity contribution in [3.8, 4) is 0 Å². The first-order chi connectivity index (χ1) is 14.0. The van der Waals surface area contributed by atoms with Crippen molar-refractivity contribution in [1.82, 2.24) is 10.6 Å². The molecule has 4 heteroatoms. The Hall–Kier alpha value is -3.14. The van der Waals surface area contributed by atoms with Crippen LogP contribution in [0.2, 0.25) is 0 Å². The van der Waals surface area contributed by atoms with Gasteiger partial charge in [-0.05, 0) is 34.4 Å². The summed E-state index contributed by atoms with van der Waals surface area (Å²) in [7, 11) is 0. The molecule has 0 fully saturated rings. The van der Waals surface area contributed by atoms with E-state index < -0.39 is 0 Å². The van der Waals surface area contributed by atoms with E-state index in [1.165, 1.54) is 5.56 Å². The van der Waals surface area contributed by atoms with E-state index in [1.807, 2.05) is 60.7 Å². The lowest BCUT2D eigenvalue weighted by Gasteiger charge is -2.22. The molecule has 29 heavy (non-hydrogen) atoms. The maximum Gasteiger partial charge on any atom is 0.251 e. The van der Waals surface area contributed by atoms with Gasteiger partial charge in [0.05, 0.1) is 0 Å². The van der Waals surface area contributed by atoms with Crippen LogP contribution in [0.25, 0.3) is 10.8 Å². The molecular weight excluding hydrogens is 360 g/mol. The molecule has 150 valence electrons. The van der Waals surface area contributed by atoms with Crippen LogP contribution in [0.3, 0.4) is 0 Å². The molecule has 1 atom stereocenters. The van der Waals surface area contributed by atoms with Crippen LogP contribution in [0.15, 0.2) is 72.8 Å². The van der Waals surface area contributed by atoms with Gasteiger partial charge in [0.15, 0.2) is 0 Å². The summed E-state index contributed by atoms with van der Waals surface area (Å²) in [6, 6.07) is 23.8. The molecule has 0 radical (unpaired) electrons. The predicted octanol–water partition coefficient (Wildman–Crippen LogP) is 4.52. The molecule has 0 aliphatic carbocycles. The molecule has 3 rings (SSSR count). The molecule has 0 aliphatic heterocycles. The zero-order chi connectivity index (χ0) is 20.6. The molecule has 0 bridgehead atoms. The van der Waals surface area contributed by atoms with Crippen molar-refractivity contribution in [3.05, 3.63) is 83.9 Å². The molecule has 0 heterocycles. The highest BCUT2D eigenvalue weighted by atomic mass is 16.2. The first kappa shape index (κ1) is 20.6. The zero-order valence-corrected chi connectivity index (χ0v) is 17.0. The molecule has 0 aromatic heterocycles. The summed E-state index contributed by atoms with van der Waals surface area (Å²) in [6.45, 7) is 5.23. The predicted molar refractivity (Wildman–Crippen MR) is 118 cm³/mol. The second-order valence-electron chi connectivity index (χ2n) is 7.63. The van der Waals surface area contributed by atoms with Crippen molar-refractivity contribution in [2.45, 2.75) is 26.2 Å². The Morgan fingerprint density at radius 1 is 0.828 bits per heavy atom. The van der Waals surface area contributed by atoms with Crippen molar-refractivity contribution >= 4 is 22.6 Å². The van der Waals surface area contributed by atoms with Gasteiger partial charge in [0.25, 0.3) is 5.91 Å². The number of carbonyl (C=O) groups excluding carboxylic acids is 2. The van der Waals surface area contributed by atoms with Crippen molar-refractivity contribution < 1.29 is 9.59 Å². The highest BCUT2D eigenvalue weighted by Crippen LogP contribution is 2.23. The Labute approximate surface area is 172 Å². The van der Waals surface area contributed by atoms with Crippen LogP contribution in [0.1, 0.15) is 42.1 Å².